The van der Waals surface area contributed by atoms with Gasteiger partial charge in [0.1, 0.15) is 12.4 Å². The molecule has 1 aromatic rings. The van der Waals surface area contributed by atoms with Crippen molar-refractivity contribution in [3.8, 4) is 5.75 Å². The molecule has 22 heavy (non-hydrogen) atoms. The van der Waals surface area contributed by atoms with Gasteiger partial charge in [0.05, 0.1) is 0 Å². The maximum atomic E-state index is 5.94. The number of ether oxygens (including phenoxy) is 1. The second kappa shape index (κ2) is 9.13. The van der Waals surface area contributed by atoms with Crippen LogP contribution in [0.5, 0.6) is 5.75 Å². The lowest BCUT2D eigenvalue weighted by atomic mass is 10.1. The van der Waals surface area contributed by atoms with Crippen molar-refractivity contribution in [1.29, 1.82) is 0 Å². The Balaban J connectivity index is 1.74. The van der Waals surface area contributed by atoms with E-state index in [4.69, 9.17) is 4.74 Å². The third kappa shape index (κ3) is 5.95. The number of benzene rings is 1. The average Bonchev–Trinajstić information content (AvgIpc) is 2.50. The van der Waals surface area contributed by atoms with Crippen LogP contribution in [0, 0.1) is 0 Å². The molecule has 1 saturated heterocycles. The summed E-state index contributed by atoms with van der Waals surface area (Å²) in [6, 6.07) is 8.48. The molecule has 124 valence electrons. The Kier molecular flexibility index (Phi) is 7.16. The fraction of sp³-hybridized carbons (Fsp3) is 0.667. The number of para-hydroxylation sites is 1. The molecule has 1 aliphatic heterocycles. The van der Waals surface area contributed by atoms with E-state index in [9.17, 15) is 0 Å². The molecular weight excluding hydrogens is 274 g/mol. The van der Waals surface area contributed by atoms with Crippen molar-refractivity contribution in [3.63, 3.8) is 0 Å². The first-order valence-corrected chi connectivity index (χ1v) is 8.41. The highest BCUT2D eigenvalue weighted by atomic mass is 16.5. The van der Waals surface area contributed by atoms with Gasteiger partial charge in [0.2, 0.25) is 0 Å². The number of rotatable bonds is 8. The van der Waals surface area contributed by atoms with Crippen molar-refractivity contribution < 1.29 is 4.74 Å². The van der Waals surface area contributed by atoms with Gasteiger partial charge in [0, 0.05) is 32.7 Å². The van der Waals surface area contributed by atoms with Crippen LogP contribution in [0.25, 0.3) is 0 Å². The third-order valence-corrected chi connectivity index (χ3v) is 4.29. The minimum atomic E-state index is 0.752. The van der Waals surface area contributed by atoms with Crippen molar-refractivity contribution in [1.82, 2.24) is 14.7 Å². The van der Waals surface area contributed by atoms with E-state index in [1.54, 1.807) is 0 Å². The molecule has 0 saturated carbocycles. The molecule has 4 nitrogen and oxygen atoms in total. The molecule has 4 heteroatoms. The number of aryl methyl sites for hydroxylation is 1. The largest absolute Gasteiger partial charge is 0.492 e. The van der Waals surface area contributed by atoms with Crippen molar-refractivity contribution in [2.75, 3.05) is 67.0 Å². The maximum Gasteiger partial charge on any atom is 0.122 e. The number of hydrogen-bond acceptors (Lipinski definition) is 4. The third-order valence-electron chi connectivity index (χ3n) is 4.29. The highest BCUT2D eigenvalue weighted by Gasteiger charge is 2.13. The quantitative estimate of drug-likeness (QED) is 0.729. The molecule has 1 aliphatic rings. The van der Waals surface area contributed by atoms with E-state index in [0.29, 0.717) is 0 Å². The molecular formula is C18H31N3O. The zero-order valence-corrected chi connectivity index (χ0v) is 14.4. The van der Waals surface area contributed by atoms with Crippen LogP contribution < -0.4 is 4.74 Å². The van der Waals surface area contributed by atoms with E-state index in [-0.39, 0.29) is 0 Å². The second-order valence-corrected chi connectivity index (χ2v) is 6.51. The van der Waals surface area contributed by atoms with E-state index >= 15 is 0 Å². The van der Waals surface area contributed by atoms with Crippen LogP contribution in [0.2, 0.25) is 0 Å². The summed E-state index contributed by atoms with van der Waals surface area (Å²) in [6.07, 6.45) is 2.31. The molecule has 0 aliphatic carbocycles. The summed E-state index contributed by atoms with van der Waals surface area (Å²) in [5.41, 5.74) is 1.34. The maximum absolute atomic E-state index is 5.94. The summed E-state index contributed by atoms with van der Waals surface area (Å²) in [5.74, 6) is 1.06. The Morgan fingerprint density at radius 2 is 1.82 bits per heavy atom. The Morgan fingerprint density at radius 3 is 2.55 bits per heavy atom. The average molecular weight is 305 g/mol. The van der Waals surface area contributed by atoms with Crippen LogP contribution >= 0.6 is 0 Å². The van der Waals surface area contributed by atoms with Crippen LogP contribution in [0.1, 0.15) is 12.0 Å². The summed E-state index contributed by atoms with van der Waals surface area (Å²) < 4.78 is 5.94. The van der Waals surface area contributed by atoms with Crippen molar-refractivity contribution in [2.45, 2.75) is 12.8 Å². The van der Waals surface area contributed by atoms with E-state index in [1.165, 1.54) is 44.7 Å². The van der Waals surface area contributed by atoms with Gasteiger partial charge in [-0.25, -0.2) is 0 Å². The molecule has 2 rings (SSSR count). The second-order valence-electron chi connectivity index (χ2n) is 6.51. The predicted octanol–water partition coefficient (Wildman–Crippen LogP) is 1.81. The molecule has 1 aromatic carbocycles. The first kappa shape index (κ1) is 17.3. The lowest BCUT2D eigenvalue weighted by Gasteiger charge is -2.32. The van der Waals surface area contributed by atoms with Crippen LogP contribution in [0.15, 0.2) is 24.3 Å². The lowest BCUT2D eigenvalue weighted by molar-refractivity contribution is 0.153. The van der Waals surface area contributed by atoms with Crippen LogP contribution in [0.4, 0.5) is 0 Å². The van der Waals surface area contributed by atoms with Gasteiger partial charge >= 0.3 is 0 Å². The van der Waals surface area contributed by atoms with E-state index in [1.807, 2.05) is 0 Å². The van der Waals surface area contributed by atoms with E-state index in [2.05, 4.69) is 60.1 Å². The zero-order chi connectivity index (χ0) is 15.8. The molecule has 0 amide bonds. The number of hydrogen-bond donors (Lipinski definition) is 0. The van der Waals surface area contributed by atoms with E-state index in [0.717, 1.165) is 25.3 Å². The summed E-state index contributed by atoms with van der Waals surface area (Å²) in [7, 11) is 6.36. The fourth-order valence-electron chi connectivity index (χ4n) is 2.75. The topological polar surface area (TPSA) is 19.0 Å². The molecule has 0 bridgehead atoms. The van der Waals surface area contributed by atoms with Crippen LogP contribution in [-0.2, 0) is 6.42 Å². The first-order valence-electron chi connectivity index (χ1n) is 8.41. The fourth-order valence-corrected chi connectivity index (χ4v) is 2.75. The van der Waals surface area contributed by atoms with Gasteiger partial charge in [-0.3, -0.25) is 0 Å². The summed E-state index contributed by atoms with van der Waals surface area (Å²) in [5, 5.41) is 0. The Bertz CT molecular complexity index is 428. The zero-order valence-electron chi connectivity index (χ0n) is 14.4. The predicted molar refractivity (Wildman–Crippen MR) is 92.7 cm³/mol. The Labute approximate surface area is 135 Å². The van der Waals surface area contributed by atoms with Gasteiger partial charge < -0.3 is 19.4 Å². The highest BCUT2D eigenvalue weighted by molar-refractivity contribution is 5.33. The Hall–Kier alpha value is -1.10. The minimum absolute atomic E-state index is 0.752. The summed E-state index contributed by atoms with van der Waals surface area (Å²) in [6.45, 7) is 7.71. The molecule has 0 atom stereocenters. The normalized spacial score (nSPS) is 17.1. The summed E-state index contributed by atoms with van der Waals surface area (Å²) >= 11 is 0. The standard InChI is InChI=1S/C18H31N3O/c1-19(2)15-16-22-18-9-5-4-7-17(18)8-6-10-21-13-11-20(3)12-14-21/h4-5,7,9H,6,8,10-16H2,1-3H3. The van der Waals surface area contributed by atoms with Gasteiger partial charge in [-0.15, -0.1) is 0 Å². The monoisotopic (exact) mass is 305 g/mol. The van der Waals surface area contributed by atoms with Crippen LogP contribution in [0.3, 0.4) is 0 Å². The minimum Gasteiger partial charge on any atom is -0.492 e. The molecule has 0 unspecified atom stereocenters. The molecule has 1 heterocycles. The number of nitrogens with zero attached hydrogens (tertiary/aromatic N) is 3. The molecule has 0 N–H and O–H groups in total. The van der Waals surface area contributed by atoms with Gasteiger partial charge in [-0.05, 0) is 52.2 Å². The SMILES string of the molecule is CN(C)CCOc1ccccc1CCCN1CCN(C)CC1. The van der Waals surface area contributed by atoms with E-state index < -0.39 is 0 Å². The van der Waals surface area contributed by atoms with Crippen molar-refractivity contribution >= 4 is 0 Å². The molecule has 0 spiro atoms. The van der Waals surface area contributed by atoms with Gasteiger partial charge in [0.25, 0.3) is 0 Å². The molecule has 0 aromatic heterocycles. The van der Waals surface area contributed by atoms with Crippen molar-refractivity contribution in [2.24, 2.45) is 0 Å². The van der Waals surface area contributed by atoms with Crippen LogP contribution in [-0.4, -0.2) is 81.7 Å². The van der Waals surface area contributed by atoms with Crippen molar-refractivity contribution in [3.05, 3.63) is 29.8 Å². The smallest absolute Gasteiger partial charge is 0.122 e. The Morgan fingerprint density at radius 1 is 1.09 bits per heavy atom. The van der Waals surface area contributed by atoms with Gasteiger partial charge in [0.15, 0.2) is 0 Å². The molecule has 0 radical (unpaired) electrons. The summed E-state index contributed by atoms with van der Waals surface area (Å²) in [4.78, 5) is 7.13. The number of likely N-dealkylation sites (N-methyl/N-ethyl adjacent to an activating group) is 2. The highest BCUT2D eigenvalue weighted by Crippen LogP contribution is 2.19. The molecule has 1 fully saturated rings. The number of piperazine rings is 1. The first-order chi connectivity index (χ1) is 10.6. The van der Waals surface area contributed by atoms with Gasteiger partial charge in [-0.1, -0.05) is 18.2 Å². The lowest BCUT2D eigenvalue weighted by Crippen LogP contribution is -2.44. The van der Waals surface area contributed by atoms with Gasteiger partial charge in [-0.2, -0.15) is 0 Å².